The van der Waals surface area contributed by atoms with E-state index in [1.54, 1.807) is 0 Å². The topological polar surface area (TPSA) is 70.7 Å². The maximum atomic E-state index is 13.1. The second kappa shape index (κ2) is 6.13. The SMILES string of the molecule is N#Cc1c(NC(=O)Cn2nc(C(F)(F)F)c3c2CCC3)sc2c1CCC2. The van der Waals surface area contributed by atoms with Crippen molar-refractivity contribution in [3.8, 4) is 6.07 Å². The van der Waals surface area contributed by atoms with E-state index in [0.717, 1.165) is 34.4 Å². The van der Waals surface area contributed by atoms with E-state index in [9.17, 15) is 23.2 Å². The van der Waals surface area contributed by atoms with Crippen LogP contribution in [-0.4, -0.2) is 15.7 Å². The zero-order valence-corrected chi connectivity index (χ0v) is 14.6. The third-order valence-corrected chi connectivity index (χ3v) is 6.06. The first-order chi connectivity index (χ1) is 12.4. The Hall–Kier alpha value is -2.34. The highest BCUT2D eigenvalue weighted by atomic mass is 32.1. The van der Waals surface area contributed by atoms with Gasteiger partial charge in [-0.2, -0.15) is 23.5 Å². The lowest BCUT2D eigenvalue weighted by Crippen LogP contribution is -2.21. The fourth-order valence-electron chi connectivity index (χ4n) is 3.78. The van der Waals surface area contributed by atoms with Gasteiger partial charge in [0.05, 0.1) is 5.56 Å². The molecule has 136 valence electrons. The third-order valence-electron chi connectivity index (χ3n) is 4.85. The summed E-state index contributed by atoms with van der Waals surface area (Å²) in [5.41, 5.74) is 1.29. The van der Waals surface area contributed by atoms with E-state index in [1.165, 1.54) is 11.3 Å². The molecule has 4 rings (SSSR count). The molecule has 1 amide bonds. The molecule has 1 N–H and O–H groups in total. The fraction of sp³-hybridized carbons (Fsp3) is 0.471. The van der Waals surface area contributed by atoms with Crippen LogP contribution < -0.4 is 5.32 Å². The molecule has 5 nitrogen and oxygen atoms in total. The van der Waals surface area contributed by atoms with Crippen LogP contribution in [0.2, 0.25) is 0 Å². The number of anilines is 1. The molecule has 9 heteroatoms. The number of hydrogen-bond donors (Lipinski definition) is 1. The first-order valence-electron chi connectivity index (χ1n) is 8.38. The van der Waals surface area contributed by atoms with Crippen LogP contribution in [-0.2, 0) is 43.2 Å². The number of rotatable bonds is 3. The van der Waals surface area contributed by atoms with E-state index < -0.39 is 17.8 Å². The van der Waals surface area contributed by atoms with Crippen LogP contribution in [0, 0.1) is 11.3 Å². The number of carbonyl (C=O) groups is 1. The average Bonchev–Trinajstić information content (AvgIpc) is 3.27. The van der Waals surface area contributed by atoms with Crippen molar-refractivity contribution in [3.63, 3.8) is 0 Å². The smallest absolute Gasteiger partial charge is 0.315 e. The van der Waals surface area contributed by atoms with Gasteiger partial charge in [-0.1, -0.05) is 0 Å². The average molecular weight is 380 g/mol. The molecule has 2 aromatic rings. The zero-order chi connectivity index (χ0) is 18.5. The van der Waals surface area contributed by atoms with Crippen molar-refractivity contribution in [1.29, 1.82) is 5.26 Å². The molecule has 2 heterocycles. The van der Waals surface area contributed by atoms with Crippen molar-refractivity contribution < 1.29 is 18.0 Å². The number of aryl methyl sites for hydroxylation is 1. The summed E-state index contributed by atoms with van der Waals surface area (Å²) in [6.07, 6.45) is -0.334. The molecule has 0 unspecified atom stereocenters. The Morgan fingerprint density at radius 1 is 1.23 bits per heavy atom. The van der Waals surface area contributed by atoms with Gasteiger partial charge in [-0.15, -0.1) is 11.3 Å². The zero-order valence-electron chi connectivity index (χ0n) is 13.7. The van der Waals surface area contributed by atoms with Crippen LogP contribution in [0.4, 0.5) is 18.2 Å². The van der Waals surface area contributed by atoms with E-state index in [0.29, 0.717) is 35.5 Å². The molecule has 0 bridgehead atoms. The van der Waals surface area contributed by atoms with Crippen molar-refractivity contribution in [1.82, 2.24) is 9.78 Å². The van der Waals surface area contributed by atoms with E-state index in [4.69, 9.17) is 0 Å². The first-order valence-corrected chi connectivity index (χ1v) is 9.20. The summed E-state index contributed by atoms with van der Waals surface area (Å²) in [6, 6.07) is 2.14. The van der Waals surface area contributed by atoms with Gasteiger partial charge in [-0.25, -0.2) is 0 Å². The normalized spacial score (nSPS) is 15.6. The largest absolute Gasteiger partial charge is 0.435 e. The van der Waals surface area contributed by atoms with Crippen LogP contribution in [0.3, 0.4) is 0 Å². The summed E-state index contributed by atoms with van der Waals surface area (Å²) < 4.78 is 40.5. The number of nitrogens with one attached hydrogen (secondary N) is 1. The molecule has 2 aliphatic rings. The molecular formula is C17H15F3N4OS. The van der Waals surface area contributed by atoms with Crippen molar-refractivity contribution in [3.05, 3.63) is 33.0 Å². The minimum absolute atomic E-state index is 0.207. The van der Waals surface area contributed by atoms with Crippen LogP contribution in [0.1, 0.15) is 45.8 Å². The van der Waals surface area contributed by atoms with E-state index in [-0.39, 0.29) is 12.1 Å². The van der Waals surface area contributed by atoms with Gasteiger partial charge in [0.15, 0.2) is 5.69 Å². The van der Waals surface area contributed by atoms with Gasteiger partial charge in [0.1, 0.15) is 17.6 Å². The Bertz CT molecular complexity index is 935. The second-order valence-electron chi connectivity index (χ2n) is 6.50. The molecule has 26 heavy (non-hydrogen) atoms. The highest BCUT2D eigenvalue weighted by Gasteiger charge is 2.40. The van der Waals surface area contributed by atoms with Crippen LogP contribution in [0.5, 0.6) is 0 Å². The van der Waals surface area contributed by atoms with E-state index >= 15 is 0 Å². The molecule has 0 saturated carbocycles. The van der Waals surface area contributed by atoms with E-state index in [1.807, 2.05) is 0 Å². The number of amides is 1. The minimum atomic E-state index is -4.52. The number of alkyl halides is 3. The Balaban J connectivity index is 1.56. The van der Waals surface area contributed by atoms with Gasteiger partial charge in [-0.05, 0) is 44.1 Å². The summed E-state index contributed by atoms with van der Waals surface area (Å²) in [4.78, 5) is 13.5. The summed E-state index contributed by atoms with van der Waals surface area (Å²) >= 11 is 1.38. The standard InChI is InChI=1S/C17H15F3N4OS/c18-17(19,20)15-10-4-1-5-12(10)24(23-15)8-14(25)22-16-11(7-21)9-3-2-6-13(9)26-16/h1-6,8H2,(H,22,25). The molecular weight excluding hydrogens is 365 g/mol. The molecule has 0 radical (unpaired) electrons. The summed E-state index contributed by atoms with van der Waals surface area (Å²) in [7, 11) is 0. The van der Waals surface area contributed by atoms with Gasteiger partial charge >= 0.3 is 6.18 Å². The number of hydrogen-bond acceptors (Lipinski definition) is 4. The van der Waals surface area contributed by atoms with Crippen LogP contribution in [0.25, 0.3) is 0 Å². The number of carbonyl (C=O) groups excluding carboxylic acids is 1. The van der Waals surface area contributed by atoms with Crippen molar-refractivity contribution >= 4 is 22.2 Å². The lowest BCUT2D eigenvalue weighted by molar-refractivity contribution is -0.142. The lowest BCUT2D eigenvalue weighted by Gasteiger charge is -2.07. The molecule has 0 fully saturated rings. The maximum absolute atomic E-state index is 13.1. The highest BCUT2D eigenvalue weighted by Crippen LogP contribution is 2.39. The number of fused-ring (bicyclic) bond motifs is 2. The first kappa shape index (κ1) is 17.1. The van der Waals surface area contributed by atoms with Crippen molar-refractivity contribution in [2.45, 2.75) is 51.2 Å². The molecule has 0 saturated heterocycles. The Morgan fingerprint density at radius 2 is 1.96 bits per heavy atom. The summed E-state index contributed by atoms with van der Waals surface area (Å²) in [6.45, 7) is -0.286. The summed E-state index contributed by atoms with van der Waals surface area (Å²) in [5, 5.41) is 16.2. The van der Waals surface area contributed by atoms with Gasteiger partial charge in [0.2, 0.25) is 5.91 Å². The third kappa shape index (κ3) is 2.78. The molecule has 0 aliphatic heterocycles. The van der Waals surface area contributed by atoms with Crippen molar-refractivity contribution in [2.75, 3.05) is 5.32 Å². The quantitative estimate of drug-likeness (QED) is 0.887. The molecule has 2 aromatic heterocycles. The fourth-order valence-corrected chi connectivity index (χ4v) is 5.04. The maximum Gasteiger partial charge on any atom is 0.435 e. The second-order valence-corrected chi connectivity index (χ2v) is 7.61. The molecule has 0 atom stereocenters. The van der Waals surface area contributed by atoms with Gasteiger partial charge in [0, 0.05) is 16.1 Å². The Labute approximate surface area is 151 Å². The minimum Gasteiger partial charge on any atom is -0.315 e. The summed E-state index contributed by atoms with van der Waals surface area (Å²) in [5.74, 6) is -0.465. The monoisotopic (exact) mass is 380 g/mol. The van der Waals surface area contributed by atoms with Gasteiger partial charge < -0.3 is 5.32 Å². The van der Waals surface area contributed by atoms with Gasteiger partial charge in [-0.3, -0.25) is 9.48 Å². The number of halogens is 3. The lowest BCUT2D eigenvalue weighted by atomic mass is 10.1. The van der Waals surface area contributed by atoms with Crippen molar-refractivity contribution in [2.24, 2.45) is 0 Å². The number of thiophene rings is 1. The molecule has 0 spiro atoms. The number of nitrogens with zero attached hydrogens (tertiary/aromatic N) is 3. The Kier molecular flexibility index (Phi) is 4.03. The molecule has 0 aromatic carbocycles. The highest BCUT2D eigenvalue weighted by molar-refractivity contribution is 7.16. The predicted octanol–water partition coefficient (Wildman–Crippen LogP) is 3.45. The molecule has 2 aliphatic carbocycles. The van der Waals surface area contributed by atoms with Crippen LogP contribution >= 0.6 is 11.3 Å². The van der Waals surface area contributed by atoms with E-state index in [2.05, 4.69) is 16.5 Å². The predicted molar refractivity (Wildman–Crippen MR) is 88.9 cm³/mol. The van der Waals surface area contributed by atoms with Gasteiger partial charge in [0.25, 0.3) is 0 Å². The van der Waals surface area contributed by atoms with Crippen LogP contribution in [0.15, 0.2) is 0 Å². The number of nitriles is 1. The Morgan fingerprint density at radius 3 is 2.69 bits per heavy atom. The number of aromatic nitrogens is 2.